The second kappa shape index (κ2) is 14.1. The quantitative estimate of drug-likeness (QED) is 0.186. The molecule has 3 aromatic carbocycles. The van der Waals surface area contributed by atoms with Gasteiger partial charge in [-0.05, 0) is 72.5 Å². The number of carbonyl (C=O) groups is 3. The van der Waals surface area contributed by atoms with E-state index in [1.807, 2.05) is 26.0 Å². The summed E-state index contributed by atoms with van der Waals surface area (Å²) in [5.74, 6) is 0.0842. The molecular formula is C31H30Cl2N2O7. The van der Waals surface area contributed by atoms with Gasteiger partial charge in [-0.2, -0.15) is 0 Å². The molecule has 4 amide bonds. The summed E-state index contributed by atoms with van der Waals surface area (Å²) in [5.41, 5.74) is 1.65. The fourth-order valence-corrected chi connectivity index (χ4v) is 4.54. The van der Waals surface area contributed by atoms with E-state index in [1.165, 1.54) is 13.2 Å². The maximum absolute atomic E-state index is 13.4. The highest BCUT2D eigenvalue weighted by Gasteiger charge is 2.36. The van der Waals surface area contributed by atoms with E-state index in [0.717, 1.165) is 16.9 Å². The smallest absolute Gasteiger partial charge is 0.331 e. The fraction of sp³-hybridized carbons (Fsp3) is 0.258. The molecule has 1 aliphatic rings. The van der Waals surface area contributed by atoms with Gasteiger partial charge < -0.3 is 18.9 Å². The van der Waals surface area contributed by atoms with Gasteiger partial charge in [0.25, 0.3) is 11.8 Å². The van der Waals surface area contributed by atoms with E-state index in [0.29, 0.717) is 52.4 Å². The minimum Gasteiger partial charge on any atom is -0.493 e. The van der Waals surface area contributed by atoms with E-state index in [1.54, 1.807) is 42.5 Å². The molecule has 11 heteroatoms. The average Bonchev–Trinajstić information content (AvgIpc) is 2.97. The molecule has 1 N–H and O–H groups in total. The minimum absolute atomic E-state index is 0.0923. The molecular weight excluding hydrogens is 583 g/mol. The van der Waals surface area contributed by atoms with E-state index in [4.69, 9.17) is 42.1 Å². The number of hydrogen-bond donors (Lipinski definition) is 1. The molecule has 0 aliphatic carbocycles. The van der Waals surface area contributed by atoms with Crippen molar-refractivity contribution in [2.75, 3.05) is 20.3 Å². The molecule has 3 aromatic rings. The number of rotatable bonds is 12. The number of urea groups is 1. The number of hydrogen-bond acceptors (Lipinski definition) is 7. The van der Waals surface area contributed by atoms with Crippen LogP contribution in [0.1, 0.15) is 37.0 Å². The van der Waals surface area contributed by atoms with Crippen LogP contribution in [0.4, 0.5) is 4.79 Å². The van der Waals surface area contributed by atoms with Crippen LogP contribution in [-0.2, 0) is 22.7 Å². The highest BCUT2D eigenvalue weighted by Crippen LogP contribution is 2.38. The largest absolute Gasteiger partial charge is 0.493 e. The third-order valence-electron chi connectivity index (χ3n) is 6.16. The van der Waals surface area contributed by atoms with Crippen LogP contribution in [0.2, 0.25) is 10.0 Å². The predicted molar refractivity (Wildman–Crippen MR) is 159 cm³/mol. The van der Waals surface area contributed by atoms with Gasteiger partial charge in [0.1, 0.15) is 12.2 Å². The van der Waals surface area contributed by atoms with E-state index in [2.05, 4.69) is 5.32 Å². The zero-order valence-corrected chi connectivity index (χ0v) is 24.9. The first kappa shape index (κ1) is 30.7. The van der Waals surface area contributed by atoms with Gasteiger partial charge in [0, 0.05) is 5.02 Å². The molecule has 1 fully saturated rings. The SMILES string of the molecule is CCCOc1ccc(CN2C(=O)NC(=O)/C(=C\c3cc(Cl)c(OCc4ccc(Cl)cc4)c(OC)c3)C2=O)cc1OCC. The zero-order chi connectivity index (χ0) is 30.2. The molecule has 42 heavy (non-hydrogen) atoms. The molecule has 0 saturated carbocycles. The first-order chi connectivity index (χ1) is 20.2. The number of nitrogens with one attached hydrogen (secondary N) is 1. The molecule has 9 nitrogen and oxygen atoms in total. The Balaban J connectivity index is 1.57. The monoisotopic (exact) mass is 612 g/mol. The molecule has 1 saturated heterocycles. The van der Waals surface area contributed by atoms with Gasteiger partial charge in [-0.15, -0.1) is 0 Å². The maximum Gasteiger partial charge on any atom is 0.331 e. The van der Waals surface area contributed by atoms with Crippen molar-refractivity contribution in [2.45, 2.75) is 33.4 Å². The Hall–Kier alpha value is -4.21. The normalized spacial score (nSPS) is 14.2. The van der Waals surface area contributed by atoms with Gasteiger partial charge in [0.15, 0.2) is 23.0 Å². The van der Waals surface area contributed by atoms with Gasteiger partial charge in [-0.25, -0.2) is 4.79 Å². The third-order valence-corrected chi connectivity index (χ3v) is 6.69. The molecule has 4 rings (SSSR count). The molecule has 0 atom stereocenters. The first-order valence-corrected chi connectivity index (χ1v) is 14.0. The summed E-state index contributed by atoms with van der Waals surface area (Å²) in [7, 11) is 1.45. The molecule has 220 valence electrons. The second-order valence-electron chi connectivity index (χ2n) is 9.22. The Kier molecular flexibility index (Phi) is 10.3. The highest BCUT2D eigenvalue weighted by molar-refractivity contribution is 6.33. The average molecular weight is 613 g/mol. The van der Waals surface area contributed by atoms with E-state index < -0.39 is 17.8 Å². The third kappa shape index (κ3) is 7.35. The van der Waals surface area contributed by atoms with Crippen molar-refractivity contribution in [3.05, 3.63) is 86.9 Å². The minimum atomic E-state index is -0.826. The van der Waals surface area contributed by atoms with Gasteiger partial charge >= 0.3 is 6.03 Å². The standard InChI is InChI=1S/C31H30Cl2N2O7/c1-4-12-41-25-11-8-20(15-26(25)40-5-2)17-35-30(37)23(29(36)34-31(35)38)13-21-14-24(33)28(27(16-21)39-3)42-18-19-6-9-22(32)10-7-19/h6-11,13-16H,4-5,12,17-18H2,1-3H3,(H,34,36,38)/b23-13+. The van der Waals surface area contributed by atoms with E-state index in [-0.39, 0.29) is 23.7 Å². The van der Waals surface area contributed by atoms with Crippen LogP contribution in [-0.4, -0.2) is 43.1 Å². The molecule has 0 aromatic heterocycles. The lowest BCUT2D eigenvalue weighted by Crippen LogP contribution is -2.53. The summed E-state index contributed by atoms with van der Waals surface area (Å²) in [6.07, 6.45) is 2.18. The molecule has 0 bridgehead atoms. The Morgan fingerprint density at radius 2 is 1.60 bits per heavy atom. The van der Waals surface area contributed by atoms with Crippen LogP contribution in [0.5, 0.6) is 23.0 Å². The van der Waals surface area contributed by atoms with Crippen LogP contribution in [0.3, 0.4) is 0 Å². The summed E-state index contributed by atoms with van der Waals surface area (Å²) in [6.45, 7) is 4.89. The van der Waals surface area contributed by atoms with Crippen molar-refractivity contribution in [3.8, 4) is 23.0 Å². The van der Waals surface area contributed by atoms with Gasteiger partial charge in [0.2, 0.25) is 0 Å². The molecule has 0 radical (unpaired) electrons. The van der Waals surface area contributed by atoms with E-state index >= 15 is 0 Å². The van der Waals surface area contributed by atoms with Crippen molar-refractivity contribution in [1.82, 2.24) is 10.2 Å². The number of ether oxygens (including phenoxy) is 4. The molecule has 1 aliphatic heterocycles. The van der Waals surface area contributed by atoms with Gasteiger partial charge in [-0.3, -0.25) is 19.8 Å². The summed E-state index contributed by atoms with van der Waals surface area (Å²) in [5, 5.41) is 3.05. The van der Waals surface area contributed by atoms with Crippen LogP contribution in [0, 0.1) is 0 Å². The van der Waals surface area contributed by atoms with Crippen LogP contribution in [0.25, 0.3) is 6.08 Å². The molecule has 0 spiro atoms. The lowest BCUT2D eigenvalue weighted by Gasteiger charge is -2.26. The lowest BCUT2D eigenvalue weighted by molar-refractivity contribution is -0.130. The van der Waals surface area contributed by atoms with Gasteiger partial charge in [-0.1, -0.05) is 48.3 Å². The summed E-state index contributed by atoms with van der Waals surface area (Å²) in [4.78, 5) is 39.7. The van der Waals surface area contributed by atoms with Gasteiger partial charge in [0.05, 0.1) is 31.9 Å². The Morgan fingerprint density at radius 1 is 0.857 bits per heavy atom. The van der Waals surface area contributed by atoms with Crippen molar-refractivity contribution >= 4 is 47.1 Å². The number of nitrogens with zero attached hydrogens (tertiary/aromatic N) is 1. The fourth-order valence-electron chi connectivity index (χ4n) is 4.14. The zero-order valence-electron chi connectivity index (χ0n) is 23.4. The second-order valence-corrected chi connectivity index (χ2v) is 10.1. The Bertz CT molecular complexity index is 1510. The molecule has 0 unspecified atom stereocenters. The van der Waals surface area contributed by atoms with Crippen LogP contribution >= 0.6 is 23.2 Å². The maximum atomic E-state index is 13.4. The number of halogens is 2. The number of imide groups is 2. The number of amides is 4. The topological polar surface area (TPSA) is 103 Å². The summed E-state index contributed by atoms with van der Waals surface area (Å²) < 4.78 is 22.8. The van der Waals surface area contributed by atoms with Crippen molar-refractivity contribution in [1.29, 1.82) is 0 Å². The van der Waals surface area contributed by atoms with Crippen molar-refractivity contribution in [2.24, 2.45) is 0 Å². The highest BCUT2D eigenvalue weighted by atomic mass is 35.5. The van der Waals surface area contributed by atoms with Crippen molar-refractivity contribution in [3.63, 3.8) is 0 Å². The summed E-state index contributed by atoms with van der Waals surface area (Å²) >= 11 is 12.5. The van der Waals surface area contributed by atoms with E-state index in [9.17, 15) is 14.4 Å². The van der Waals surface area contributed by atoms with Crippen LogP contribution in [0.15, 0.2) is 60.2 Å². The summed E-state index contributed by atoms with van der Waals surface area (Å²) in [6, 6.07) is 14.6. The lowest BCUT2D eigenvalue weighted by atomic mass is 10.1. The first-order valence-electron chi connectivity index (χ1n) is 13.3. The number of carbonyl (C=O) groups excluding carboxylic acids is 3. The Labute approximate surface area is 253 Å². The Morgan fingerprint density at radius 3 is 2.29 bits per heavy atom. The van der Waals surface area contributed by atoms with Crippen LogP contribution < -0.4 is 24.3 Å². The molecule has 1 heterocycles. The predicted octanol–water partition coefficient (Wildman–Crippen LogP) is 6.43. The number of barbiturate groups is 1. The number of benzene rings is 3. The van der Waals surface area contributed by atoms with Crippen molar-refractivity contribution < 1.29 is 33.3 Å². The number of methoxy groups -OCH3 is 1.